The molecule has 4 atom stereocenters. The van der Waals surface area contributed by atoms with Crippen LogP contribution in [0, 0.1) is 11.6 Å². The lowest BCUT2D eigenvalue weighted by atomic mass is 9.81. The second kappa shape index (κ2) is 30.0. The zero-order valence-corrected chi connectivity index (χ0v) is 61.3. The average molecular weight is 1480 g/mol. The summed E-state index contributed by atoms with van der Waals surface area (Å²) in [4.78, 5) is 118. The van der Waals surface area contributed by atoms with Gasteiger partial charge in [0, 0.05) is 143 Å². The molecule has 14 rings (SSSR count). The predicted octanol–water partition coefficient (Wildman–Crippen LogP) is 12.0. The van der Waals surface area contributed by atoms with Gasteiger partial charge in [-0.15, -0.1) is 22.7 Å². The highest BCUT2D eigenvalue weighted by Gasteiger charge is 2.45. The molecule has 4 aromatic heterocycles. The van der Waals surface area contributed by atoms with E-state index in [1.54, 1.807) is 48.4 Å². The van der Waals surface area contributed by atoms with E-state index in [1.165, 1.54) is 73.3 Å². The number of hydrogen-bond acceptors (Lipinski definition) is 20. The summed E-state index contributed by atoms with van der Waals surface area (Å²) in [6, 6.07) is 29.3. The number of urea groups is 2. The third-order valence-corrected chi connectivity index (χ3v) is 22.4. The number of amides is 4. The normalized spacial score (nSPS) is 19.3. The number of thiazole rings is 2. The second-order valence-corrected chi connectivity index (χ2v) is 29.7. The summed E-state index contributed by atoms with van der Waals surface area (Å²) in [5.41, 5.74) is 7.62. The van der Waals surface area contributed by atoms with Crippen LogP contribution in [0.15, 0.2) is 177 Å². The van der Waals surface area contributed by atoms with Gasteiger partial charge in [0.1, 0.15) is 41.1 Å². The number of aliphatic imine (C=N–C) groups is 2. The molecule has 104 heavy (non-hydrogen) atoms. The molecule has 0 spiro atoms. The van der Waals surface area contributed by atoms with Gasteiger partial charge in [0.25, 0.3) is 0 Å². The number of methoxy groups -OCH3 is 2. The van der Waals surface area contributed by atoms with Crippen LogP contribution in [0.5, 0.6) is 0 Å². The molecule has 4 fully saturated rings. The van der Waals surface area contributed by atoms with E-state index in [-0.39, 0.29) is 56.9 Å². The Hall–Kier alpha value is -9.96. The molecular weight excluding hydrogens is 1410 g/mol. The van der Waals surface area contributed by atoms with Crippen LogP contribution in [0.2, 0.25) is 10.0 Å². The number of Topliss-reactive ketones (excluding diaryl/α,β-unsaturated/α-hetero) is 2. The molecule has 2 N–H and O–H groups in total. The number of nitrogens with one attached hydrogen (secondary N) is 2. The molecule has 536 valence electrons. The van der Waals surface area contributed by atoms with Crippen molar-refractivity contribution in [2.24, 2.45) is 9.98 Å². The average Bonchev–Trinajstić information content (AvgIpc) is 1.05. The first-order chi connectivity index (χ1) is 49.9. The van der Waals surface area contributed by atoms with Crippen LogP contribution in [-0.4, -0.2) is 179 Å². The van der Waals surface area contributed by atoms with Gasteiger partial charge >= 0.3 is 24.0 Å². The first-order valence-electron chi connectivity index (χ1n) is 33.7. The van der Waals surface area contributed by atoms with Crippen LogP contribution in [-0.2, 0) is 39.5 Å². The van der Waals surface area contributed by atoms with Gasteiger partial charge in [0.2, 0.25) is 0 Å². The van der Waals surface area contributed by atoms with E-state index in [2.05, 4.69) is 40.4 Å². The minimum atomic E-state index is -0.861. The monoisotopic (exact) mass is 1480 g/mol. The number of pyridine rings is 2. The largest absolute Gasteiger partial charge is 0.466 e. The summed E-state index contributed by atoms with van der Waals surface area (Å²) < 4.78 is 38.6. The lowest BCUT2D eigenvalue weighted by molar-refractivity contribution is -0.137. The Morgan fingerprint density at radius 2 is 1.01 bits per heavy atom. The van der Waals surface area contributed by atoms with E-state index in [4.69, 9.17) is 42.7 Å². The summed E-state index contributed by atoms with van der Waals surface area (Å²) in [7, 11) is 2.61. The van der Waals surface area contributed by atoms with Gasteiger partial charge in [-0.25, -0.2) is 42.9 Å². The standard InChI is InChI=1S/2C38H37ClFN7O4S/c1-22(48)38(2,3)25-8-5-23(6-9-25)24-7-12-31(42-18-24)47-20-27-19-45(14-15-46(27)37(47)50)21-30-32(36(49)51-4)33(28-11-10-26(40)17-29(28)39)44-34(43-30)35-41-13-16-52-35;1-22(48)38(2,3)24-7-5-23(6-8-24)30-12-10-26(18-42-30)47-20-27-19-45(14-15-46(27)37(47)50)21-31-32(36(49)51-4)33(28-11-9-25(40)17-29(28)39)44-34(43-31)35-41-13-16-52-35/h2*5-13,16-18,27,33H,14-15,19-21H2,1-4H3,(H,43,44)/t2*27-,33-/m00/s1. The predicted molar refractivity (Wildman–Crippen MR) is 396 cm³/mol. The SMILES string of the molecule is COC(=O)C1=C(CN2CCN3C(=O)N(c4ccc(-c5ccc(C(C)(C)C(C)=O)cc5)cn4)C[C@@H]3C2)NC(c2nccs2)=N[C@H]1c1ccc(F)cc1Cl.COC(=O)C1=C(CN2CCN3C(=O)N(c4ccc(-c5ccc(C(C)(C)C(C)=O)cc5)nc4)C[C@@H]3C2)NC(c2nccs2)=N[C@H]1c1ccc(F)cc1Cl. The first-order valence-corrected chi connectivity index (χ1v) is 36.2. The number of esters is 2. The number of hydrogen-bond donors (Lipinski definition) is 2. The number of ketones is 2. The molecule has 6 aliphatic rings. The highest BCUT2D eigenvalue weighted by Crippen LogP contribution is 2.41. The van der Waals surface area contributed by atoms with E-state index in [0.29, 0.717) is 121 Å². The summed E-state index contributed by atoms with van der Waals surface area (Å²) >= 11 is 15.8. The van der Waals surface area contributed by atoms with Crippen molar-refractivity contribution >= 4 is 105 Å². The number of aromatic nitrogens is 4. The lowest BCUT2D eigenvalue weighted by Crippen LogP contribution is -2.53. The molecule has 0 aliphatic carbocycles. The van der Waals surface area contributed by atoms with Gasteiger partial charge in [0.15, 0.2) is 21.7 Å². The minimum Gasteiger partial charge on any atom is -0.466 e. The maximum atomic E-state index is 14.1. The molecule has 4 amide bonds. The number of ether oxygens (including phenoxy) is 2. The molecule has 4 saturated heterocycles. The molecule has 22 nitrogen and oxygen atoms in total. The number of fused-ring (bicyclic) bond motifs is 2. The number of nitrogens with zero attached hydrogens (tertiary/aromatic N) is 12. The molecule has 28 heteroatoms. The van der Waals surface area contributed by atoms with Crippen molar-refractivity contribution < 1.29 is 47.0 Å². The van der Waals surface area contributed by atoms with Crippen LogP contribution in [0.4, 0.5) is 29.9 Å². The van der Waals surface area contributed by atoms with Gasteiger partial charge in [-0.2, -0.15) is 0 Å². The van der Waals surface area contributed by atoms with Gasteiger partial charge in [-0.3, -0.25) is 44.2 Å². The lowest BCUT2D eigenvalue weighted by Gasteiger charge is -2.38. The number of piperazine rings is 2. The van der Waals surface area contributed by atoms with Crippen LogP contribution >= 0.6 is 45.9 Å². The molecule has 0 bridgehead atoms. The Morgan fingerprint density at radius 3 is 1.42 bits per heavy atom. The van der Waals surface area contributed by atoms with Crippen molar-refractivity contribution in [3.05, 3.63) is 221 Å². The molecule has 0 radical (unpaired) electrons. The number of amidine groups is 2. The number of anilines is 2. The Balaban J connectivity index is 0.000000185. The maximum Gasteiger partial charge on any atom is 0.338 e. The van der Waals surface area contributed by atoms with Crippen molar-refractivity contribution in [2.45, 2.75) is 76.5 Å². The van der Waals surface area contributed by atoms with E-state index in [0.717, 1.165) is 33.5 Å². The van der Waals surface area contributed by atoms with Crippen LogP contribution in [0.1, 0.15) is 85.9 Å². The second-order valence-electron chi connectivity index (χ2n) is 27.1. The number of halogens is 4. The number of carbonyl (C=O) groups is 6. The number of rotatable bonds is 18. The zero-order valence-electron chi connectivity index (χ0n) is 58.2. The molecule has 6 aliphatic heterocycles. The van der Waals surface area contributed by atoms with Gasteiger partial charge < -0.3 is 29.9 Å². The zero-order chi connectivity index (χ0) is 73.5. The molecule has 8 aromatic rings. The molecule has 10 heterocycles. The van der Waals surface area contributed by atoms with E-state index < -0.39 is 46.5 Å². The molecule has 0 saturated carbocycles. The molecule has 4 aromatic carbocycles. The van der Waals surface area contributed by atoms with Crippen molar-refractivity contribution in [1.29, 1.82) is 0 Å². The topological polar surface area (TPSA) is 241 Å². The summed E-state index contributed by atoms with van der Waals surface area (Å²) in [5.74, 6) is -0.458. The van der Waals surface area contributed by atoms with Crippen molar-refractivity contribution in [2.75, 3.05) is 89.5 Å². The minimum absolute atomic E-state index is 0.0792. The van der Waals surface area contributed by atoms with Crippen LogP contribution < -0.4 is 20.4 Å². The van der Waals surface area contributed by atoms with Gasteiger partial charge in [-0.05, 0) is 107 Å². The highest BCUT2D eigenvalue weighted by molar-refractivity contribution is 7.12. The fourth-order valence-corrected chi connectivity index (χ4v) is 15.3. The van der Waals surface area contributed by atoms with E-state index >= 15 is 0 Å². The smallest absolute Gasteiger partial charge is 0.338 e. The third kappa shape index (κ3) is 14.7. The quantitative estimate of drug-likeness (QED) is 0.0759. The summed E-state index contributed by atoms with van der Waals surface area (Å²) in [6.07, 6.45) is 6.82. The first kappa shape index (κ1) is 72.4. The third-order valence-electron chi connectivity index (χ3n) is 20.2. The Bertz CT molecular complexity index is 4470. The van der Waals surface area contributed by atoms with Crippen molar-refractivity contribution in [3.8, 4) is 22.4 Å². The fraction of sp³-hybridized carbons (Fsp3) is 0.316. The summed E-state index contributed by atoms with van der Waals surface area (Å²) in [6.45, 7) is 15.7. The maximum absolute atomic E-state index is 14.1. The fourth-order valence-electron chi connectivity index (χ4n) is 13.6. The van der Waals surface area contributed by atoms with Gasteiger partial charge in [-0.1, -0.05) is 83.9 Å². The van der Waals surface area contributed by atoms with Gasteiger partial charge in [0.05, 0.1) is 61.6 Å². The van der Waals surface area contributed by atoms with Crippen LogP contribution in [0.3, 0.4) is 0 Å². The Morgan fingerprint density at radius 1 is 0.548 bits per heavy atom. The van der Waals surface area contributed by atoms with Crippen molar-refractivity contribution in [3.63, 3.8) is 0 Å². The Labute approximate surface area is 617 Å². The van der Waals surface area contributed by atoms with E-state index in [1.807, 2.05) is 121 Å². The highest BCUT2D eigenvalue weighted by atomic mass is 35.5. The Kier molecular flexibility index (Phi) is 20.9. The van der Waals surface area contributed by atoms with Crippen molar-refractivity contribution in [1.82, 2.24) is 50.2 Å². The summed E-state index contributed by atoms with van der Waals surface area (Å²) in [5, 5.41) is 11.9. The van der Waals surface area contributed by atoms with Crippen LogP contribution in [0.25, 0.3) is 22.4 Å². The molecule has 0 unspecified atom stereocenters. The van der Waals surface area contributed by atoms with E-state index in [9.17, 15) is 37.5 Å². The molecular formula is C76H74Cl2F2N14O8S2. The number of carbonyl (C=O) groups excluding carboxylic acids is 6. The number of benzene rings is 4.